The number of amides is 3. The summed E-state index contributed by atoms with van der Waals surface area (Å²) in [7, 11) is 1.29. The number of nitrogens with zero attached hydrogens (tertiary/aromatic N) is 3. The number of hydrogen-bond donors (Lipinski definition) is 1. The minimum atomic E-state index is -0.564. The first-order chi connectivity index (χ1) is 15.0. The standard InChI is InChI=1S/C21H20N4O6/c1-29-19(26)23-11-17-16-9-14-8-12(2-4-15(14)25(16)21(28)31-17)13-3-5-18(22-10-13)24-6-7-30-20(24)27/h2-5,8,10,16-17H,6-7,9,11H2,1H3,(H,23,26)/t16-,17?/m0/s1. The Morgan fingerprint density at radius 1 is 1.23 bits per heavy atom. The zero-order chi connectivity index (χ0) is 21.5. The molecule has 1 aromatic carbocycles. The van der Waals surface area contributed by atoms with E-state index in [4.69, 9.17) is 9.47 Å². The van der Waals surface area contributed by atoms with Crippen molar-refractivity contribution in [3.63, 3.8) is 0 Å². The Hall–Kier alpha value is -3.82. The number of carbonyl (C=O) groups excluding carboxylic acids is 3. The molecule has 10 heteroatoms. The quantitative estimate of drug-likeness (QED) is 0.750. The van der Waals surface area contributed by atoms with Gasteiger partial charge in [0.05, 0.1) is 31.9 Å². The zero-order valence-corrected chi connectivity index (χ0v) is 16.7. The molecular formula is C21H20N4O6. The predicted octanol–water partition coefficient (Wildman–Crippen LogP) is 2.31. The zero-order valence-electron chi connectivity index (χ0n) is 16.7. The second-order valence-corrected chi connectivity index (χ2v) is 7.45. The van der Waals surface area contributed by atoms with Gasteiger partial charge >= 0.3 is 18.3 Å². The van der Waals surface area contributed by atoms with Crippen LogP contribution in [0.2, 0.25) is 0 Å². The highest BCUT2D eigenvalue weighted by molar-refractivity contribution is 5.94. The molecule has 5 rings (SSSR count). The van der Waals surface area contributed by atoms with Crippen molar-refractivity contribution in [3.8, 4) is 11.1 Å². The van der Waals surface area contributed by atoms with Crippen LogP contribution in [0, 0.1) is 0 Å². The van der Waals surface area contributed by atoms with E-state index in [2.05, 4.69) is 15.0 Å². The Morgan fingerprint density at radius 3 is 2.77 bits per heavy atom. The molecule has 2 saturated heterocycles. The van der Waals surface area contributed by atoms with Crippen molar-refractivity contribution in [2.45, 2.75) is 18.6 Å². The molecule has 3 amide bonds. The molecule has 3 aliphatic rings. The van der Waals surface area contributed by atoms with E-state index in [1.54, 1.807) is 17.2 Å². The smallest absolute Gasteiger partial charge is 0.415 e. The third-order valence-electron chi connectivity index (χ3n) is 5.73. The maximum absolute atomic E-state index is 12.4. The maximum atomic E-state index is 12.4. The average molecular weight is 424 g/mol. The van der Waals surface area contributed by atoms with Crippen LogP contribution in [0.1, 0.15) is 5.56 Å². The van der Waals surface area contributed by atoms with E-state index in [-0.39, 0.29) is 18.7 Å². The molecule has 3 aliphatic heterocycles. The number of alkyl carbamates (subject to hydrolysis) is 1. The highest BCUT2D eigenvalue weighted by Gasteiger charge is 2.47. The van der Waals surface area contributed by atoms with Crippen LogP contribution in [0.15, 0.2) is 36.5 Å². The molecule has 0 spiro atoms. The number of aromatic nitrogens is 1. The molecule has 1 aromatic heterocycles. The number of nitrogens with one attached hydrogen (secondary N) is 1. The van der Waals surface area contributed by atoms with Crippen molar-refractivity contribution < 1.29 is 28.6 Å². The van der Waals surface area contributed by atoms with Gasteiger partial charge in [-0.15, -0.1) is 0 Å². The third-order valence-corrected chi connectivity index (χ3v) is 5.73. The third kappa shape index (κ3) is 3.29. The first-order valence-corrected chi connectivity index (χ1v) is 9.90. The van der Waals surface area contributed by atoms with Gasteiger partial charge in [-0.25, -0.2) is 19.4 Å². The number of cyclic esters (lactones) is 2. The fourth-order valence-corrected chi connectivity index (χ4v) is 4.21. The van der Waals surface area contributed by atoms with Gasteiger partial charge in [-0.05, 0) is 41.8 Å². The molecule has 1 N–H and O–H groups in total. The van der Waals surface area contributed by atoms with Gasteiger partial charge in [0.15, 0.2) is 0 Å². The number of ether oxygens (including phenoxy) is 3. The molecule has 0 bridgehead atoms. The molecule has 0 radical (unpaired) electrons. The normalized spacial score (nSPS) is 21.5. The molecule has 10 nitrogen and oxygen atoms in total. The lowest BCUT2D eigenvalue weighted by atomic mass is 10.0. The number of methoxy groups -OCH3 is 1. The van der Waals surface area contributed by atoms with Crippen LogP contribution in [0.4, 0.5) is 25.9 Å². The first-order valence-electron chi connectivity index (χ1n) is 9.90. The summed E-state index contributed by atoms with van der Waals surface area (Å²) in [6.45, 7) is 1.04. The van der Waals surface area contributed by atoms with Gasteiger partial charge in [-0.2, -0.15) is 0 Å². The molecule has 2 fully saturated rings. The van der Waals surface area contributed by atoms with Crippen LogP contribution in [0.3, 0.4) is 0 Å². The second kappa shape index (κ2) is 7.46. The van der Waals surface area contributed by atoms with Crippen LogP contribution >= 0.6 is 0 Å². The Labute approximate surface area is 177 Å². The molecule has 2 atom stereocenters. The highest BCUT2D eigenvalue weighted by Crippen LogP contribution is 2.40. The summed E-state index contributed by atoms with van der Waals surface area (Å²) in [5.74, 6) is 0.553. The van der Waals surface area contributed by atoms with Crippen molar-refractivity contribution in [1.29, 1.82) is 0 Å². The number of rotatable bonds is 4. The molecule has 0 saturated carbocycles. The van der Waals surface area contributed by atoms with Crippen molar-refractivity contribution in [2.75, 3.05) is 36.6 Å². The first kappa shape index (κ1) is 19.2. The van der Waals surface area contributed by atoms with Crippen LogP contribution < -0.4 is 15.1 Å². The molecule has 2 aromatic rings. The summed E-state index contributed by atoms with van der Waals surface area (Å²) < 4.78 is 15.0. The Bertz CT molecular complexity index is 1060. The van der Waals surface area contributed by atoms with Crippen molar-refractivity contribution in [3.05, 3.63) is 42.1 Å². The number of carbonyl (C=O) groups is 3. The lowest BCUT2D eigenvalue weighted by Crippen LogP contribution is -2.40. The lowest BCUT2D eigenvalue weighted by Gasteiger charge is -2.16. The summed E-state index contributed by atoms with van der Waals surface area (Å²) in [6.07, 6.45) is 0.510. The monoisotopic (exact) mass is 424 g/mol. The number of benzene rings is 1. The van der Waals surface area contributed by atoms with Gasteiger partial charge in [-0.1, -0.05) is 6.07 Å². The average Bonchev–Trinajstić information content (AvgIpc) is 3.46. The van der Waals surface area contributed by atoms with Gasteiger partial charge in [0, 0.05) is 11.8 Å². The number of pyridine rings is 1. The summed E-state index contributed by atoms with van der Waals surface area (Å²) in [5, 5.41) is 2.59. The van der Waals surface area contributed by atoms with Gasteiger partial charge in [0.1, 0.15) is 18.5 Å². The second-order valence-electron chi connectivity index (χ2n) is 7.45. The SMILES string of the molecule is COC(=O)NCC1OC(=O)N2c3ccc(-c4ccc(N5CCOC5=O)nc4)cc3C[C@@H]12. The summed E-state index contributed by atoms with van der Waals surface area (Å²) >= 11 is 0. The number of fused-ring (bicyclic) bond motifs is 3. The molecule has 1 unspecified atom stereocenters. The molecule has 4 heterocycles. The molecule has 31 heavy (non-hydrogen) atoms. The van der Waals surface area contributed by atoms with Crippen LogP contribution in [0.25, 0.3) is 11.1 Å². The van der Waals surface area contributed by atoms with Gasteiger partial charge in [0.2, 0.25) is 0 Å². The summed E-state index contributed by atoms with van der Waals surface area (Å²) in [5.41, 5.74) is 3.69. The van der Waals surface area contributed by atoms with Gasteiger partial charge < -0.3 is 19.5 Å². The summed E-state index contributed by atoms with van der Waals surface area (Å²) in [6, 6.07) is 9.37. The van der Waals surface area contributed by atoms with Crippen molar-refractivity contribution in [2.24, 2.45) is 0 Å². The Kier molecular flexibility index (Phi) is 4.61. The predicted molar refractivity (Wildman–Crippen MR) is 109 cm³/mol. The minimum absolute atomic E-state index is 0.184. The van der Waals surface area contributed by atoms with E-state index in [1.165, 1.54) is 12.0 Å². The lowest BCUT2D eigenvalue weighted by molar-refractivity contribution is 0.123. The largest absolute Gasteiger partial charge is 0.453 e. The van der Waals surface area contributed by atoms with E-state index in [0.29, 0.717) is 25.4 Å². The fraction of sp³-hybridized carbons (Fsp3) is 0.333. The van der Waals surface area contributed by atoms with Crippen LogP contribution in [-0.2, 0) is 20.6 Å². The Morgan fingerprint density at radius 2 is 2.06 bits per heavy atom. The molecule has 160 valence electrons. The number of hydrogen-bond acceptors (Lipinski definition) is 7. The topological polar surface area (TPSA) is 110 Å². The van der Waals surface area contributed by atoms with Gasteiger partial charge in [-0.3, -0.25) is 9.80 Å². The van der Waals surface area contributed by atoms with E-state index in [9.17, 15) is 14.4 Å². The summed E-state index contributed by atoms with van der Waals surface area (Å²) in [4.78, 5) is 43.0. The highest BCUT2D eigenvalue weighted by atomic mass is 16.6. The van der Waals surface area contributed by atoms with E-state index in [0.717, 1.165) is 22.4 Å². The van der Waals surface area contributed by atoms with E-state index in [1.807, 2.05) is 24.3 Å². The molecular weight excluding hydrogens is 404 g/mol. The van der Waals surface area contributed by atoms with Crippen molar-refractivity contribution >= 4 is 29.8 Å². The maximum Gasteiger partial charge on any atom is 0.415 e. The minimum Gasteiger partial charge on any atom is -0.453 e. The van der Waals surface area contributed by atoms with Crippen molar-refractivity contribution in [1.82, 2.24) is 10.3 Å². The van der Waals surface area contributed by atoms with Crippen LogP contribution in [-0.4, -0.2) is 62.2 Å². The fourth-order valence-electron chi connectivity index (χ4n) is 4.21. The van der Waals surface area contributed by atoms with Crippen LogP contribution in [0.5, 0.6) is 0 Å². The van der Waals surface area contributed by atoms with E-state index >= 15 is 0 Å². The molecule has 0 aliphatic carbocycles. The Balaban J connectivity index is 1.35. The van der Waals surface area contributed by atoms with E-state index < -0.39 is 18.3 Å². The number of anilines is 2. The van der Waals surface area contributed by atoms with Gasteiger partial charge in [0.25, 0.3) is 0 Å².